The summed E-state index contributed by atoms with van der Waals surface area (Å²) in [6, 6.07) is 13.6. The maximum absolute atomic E-state index is 12.9. The van der Waals surface area contributed by atoms with Gasteiger partial charge in [-0.3, -0.25) is 4.79 Å². The Labute approximate surface area is 138 Å². The van der Waals surface area contributed by atoms with Crippen molar-refractivity contribution in [2.45, 2.75) is 19.5 Å². The summed E-state index contributed by atoms with van der Waals surface area (Å²) in [6.45, 7) is 2.54. The minimum absolute atomic E-state index is 0.0399. The van der Waals surface area contributed by atoms with Crippen LogP contribution in [0, 0.1) is 5.82 Å². The van der Waals surface area contributed by atoms with Crippen molar-refractivity contribution in [3.63, 3.8) is 0 Å². The molecule has 0 aliphatic carbocycles. The molecule has 22 heavy (non-hydrogen) atoms. The molecule has 2 aromatic rings. The van der Waals surface area contributed by atoms with Crippen LogP contribution in [-0.2, 0) is 11.3 Å². The first-order chi connectivity index (χ1) is 10.5. The second-order valence-corrected chi connectivity index (χ2v) is 6.28. The highest BCUT2D eigenvalue weighted by Crippen LogP contribution is 2.14. The van der Waals surface area contributed by atoms with Crippen LogP contribution in [0.1, 0.15) is 12.5 Å². The number of halogens is 2. The highest BCUT2D eigenvalue weighted by Gasteiger charge is 2.22. The van der Waals surface area contributed by atoms with Crippen molar-refractivity contribution in [3.05, 3.63) is 64.4 Å². The van der Waals surface area contributed by atoms with Gasteiger partial charge in [-0.05, 0) is 43.3 Å². The standard InChI is InChI=1S/C17H18BrFN2O/c1-12(17(22)20-16-9-5-14(18)6-10-16)21(2)11-13-3-7-15(19)8-4-13/h3-10,12H,11H2,1-2H3,(H,20,22)/p+1/t12-/m0/s1. The maximum Gasteiger partial charge on any atom is 0.282 e. The quantitative estimate of drug-likeness (QED) is 0.838. The lowest BCUT2D eigenvalue weighted by molar-refractivity contribution is -0.907. The van der Waals surface area contributed by atoms with Crippen molar-refractivity contribution in [3.8, 4) is 0 Å². The first-order valence-corrected chi connectivity index (χ1v) is 7.88. The minimum Gasteiger partial charge on any atom is -0.324 e. The molecule has 2 rings (SSSR count). The first kappa shape index (κ1) is 16.6. The number of carbonyl (C=O) groups excluding carboxylic acids is 1. The molecule has 0 bridgehead atoms. The van der Waals surface area contributed by atoms with Gasteiger partial charge in [0.15, 0.2) is 6.04 Å². The van der Waals surface area contributed by atoms with E-state index in [4.69, 9.17) is 0 Å². The first-order valence-electron chi connectivity index (χ1n) is 7.09. The number of amides is 1. The lowest BCUT2D eigenvalue weighted by Gasteiger charge is -2.21. The molecule has 0 saturated heterocycles. The molecule has 0 saturated carbocycles. The van der Waals surface area contributed by atoms with Crippen LogP contribution in [0.5, 0.6) is 0 Å². The molecule has 0 aliphatic rings. The van der Waals surface area contributed by atoms with Gasteiger partial charge in [0, 0.05) is 15.7 Å². The summed E-state index contributed by atoms with van der Waals surface area (Å²) in [5.41, 5.74) is 1.77. The number of hydrogen-bond acceptors (Lipinski definition) is 1. The van der Waals surface area contributed by atoms with Gasteiger partial charge in [0.05, 0.1) is 7.05 Å². The van der Waals surface area contributed by atoms with Gasteiger partial charge in [0.2, 0.25) is 0 Å². The summed E-state index contributed by atoms with van der Waals surface area (Å²) in [4.78, 5) is 13.3. The zero-order chi connectivity index (χ0) is 16.1. The van der Waals surface area contributed by atoms with Gasteiger partial charge in [-0.2, -0.15) is 0 Å². The molecule has 0 aromatic heterocycles. The number of hydrogen-bond donors (Lipinski definition) is 2. The zero-order valence-electron chi connectivity index (χ0n) is 12.6. The zero-order valence-corrected chi connectivity index (χ0v) is 14.2. The van der Waals surface area contributed by atoms with E-state index in [0.717, 1.165) is 20.6 Å². The van der Waals surface area contributed by atoms with Crippen molar-refractivity contribution in [2.24, 2.45) is 0 Å². The molecule has 116 valence electrons. The number of quaternary nitrogens is 1. The van der Waals surface area contributed by atoms with E-state index in [1.165, 1.54) is 12.1 Å². The smallest absolute Gasteiger partial charge is 0.282 e. The Balaban J connectivity index is 1.94. The number of benzene rings is 2. The molecule has 2 aromatic carbocycles. The molecule has 1 amide bonds. The average Bonchev–Trinajstić information content (AvgIpc) is 2.51. The topological polar surface area (TPSA) is 33.5 Å². The van der Waals surface area contributed by atoms with E-state index in [0.29, 0.717) is 6.54 Å². The van der Waals surface area contributed by atoms with Crippen LogP contribution in [0.2, 0.25) is 0 Å². The fraction of sp³-hybridized carbons (Fsp3) is 0.235. The summed E-state index contributed by atoms with van der Waals surface area (Å²) in [5.74, 6) is -0.288. The molecular weight excluding hydrogens is 347 g/mol. The van der Waals surface area contributed by atoms with Crippen LogP contribution in [-0.4, -0.2) is 19.0 Å². The Morgan fingerprint density at radius 2 is 1.77 bits per heavy atom. The molecule has 2 atom stereocenters. The highest BCUT2D eigenvalue weighted by molar-refractivity contribution is 9.10. The summed E-state index contributed by atoms with van der Waals surface area (Å²) in [7, 11) is 1.95. The maximum atomic E-state index is 12.9. The molecule has 3 nitrogen and oxygen atoms in total. The third-order valence-corrected chi connectivity index (χ3v) is 4.17. The summed E-state index contributed by atoms with van der Waals surface area (Å²) in [5, 5.41) is 2.90. The molecular formula is C17H19BrFN2O+. The van der Waals surface area contributed by atoms with E-state index < -0.39 is 0 Å². The molecule has 0 fully saturated rings. The molecule has 1 unspecified atom stereocenters. The van der Waals surface area contributed by atoms with E-state index >= 15 is 0 Å². The van der Waals surface area contributed by atoms with E-state index in [1.807, 2.05) is 38.2 Å². The number of likely N-dealkylation sites (N-methyl/N-ethyl adjacent to an activating group) is 1. The monoisotopic (exact) mass is 365 g/mol. The van der Waals surface area contributed by atoms with Crippen molar-refractivity contribution in [2.75, 3.05) is 12.4 Å². The lowest BCUT2D eigenvalue weighted by Crippen LogP contribution is -3.12. The van der Waals surface area contributed by atoms with Gasteiger partial charge in [0.1, 0.15) is 12.4 Å². The van der Waals surface area contributed by atoms with Crippen LogP contribution in [0.15, 0.2) is 53.0 Å². The summed E-state index contributed by atoms with van der Waals surface area (Å²) >= 11 is 3.36. The fourth-order valence-corrected chi connectivity index (χ4v) is 2.35. The number of rotatable bonds is 5. The Kier molecular flexibility index (Phi) is 5.69. The van der Waals surface area contributed by atoms with Crippen molar-refractivity contribution in [1.82, 2.24) is 0 Å². The molecule has 0 heterocycles. The molecule has 0 spiro atoms. The molecule has 0 aliphatic heterocycles. The van der Waals surface area contributed by atoms with Crippen LogP contribution in [0.25, 0.3) is 0 Å². The van der Waals surface area contributed by atoms with Crippen LogP contribution < -0.4 is 10.2 Å². The van der Waals surface area contributed by atoms with E-state index in [2.05, 4.69) is 21.2 Å². The normalized spacial score (nSPS) is 13.5. The van der Waals surface area contributed by atoms with Crippen molar-refractivity contribution >= 4 is 27.5 Å². The van der Waals surface area contributed by atoms with Gasteiger partial charge >= 0.3 is 0 Å². The fourth-order valence-electron chi connectivity index (χ4n) is 2.08. The van der Waals surface area contributed by atoms with Gasteiger partial charge in [-0.15, -0.1) is 0 Å². The van der Waals surface area contributed by atoms with E-state index in [1.54, 1.807) is 12.1 Å². The van der Waals surface area contributed by atoms with Crippen LogP contribution >= 0.6 is 15.9 Å². The number of nitrogens with one attached hydrogen (secondary N) is 2. The Morgan fingerprint density at radius 3 is 2.36 bits per heavy atom. The predicted octanol–water partition coefficient (Wildman–Crippen LogP) is 2.63. The number of carbonyl (C=O) groups is 1. The Bertz CT molecular complexity index is 628. The summed E-state index contributed by atoms with van der Waals surface area (Å²) in [6.07, 6.45) is 0. The molecule has 0 radical (unpaired) electrons. The Morgan fingerprint density at radius 1 is 1.18 bits per heavy atom. The Hall–Kier alpha value is -1.72. The third kappa shape index (κ3) is 4.64. The van der Waals surface area contributed by atoms with Gasteiger partial charge in [-0.25, -0.2) is 4.39 Å². The minimum atomic E-state index is -0.248. The lowest BCUT2D eigenvalue weighted by atomic mass is 10.2. The van der Waals surface area contributed by atoms with Crippen LogP contribution in [0.4, 0.5) is 10.1 Å². The average molecular weight is 366 g/mol. The van der Waals surface area contributed by atoms with Crippen LogP contribution in [0.3, 0.4) is 0 Å². The molecule has 2 N–H and O–H groups in total. The molecule has 5 heteroatoms. The van der Waals surface area contributed by atoms with E-state index in [9.17, 15) is 9.18 Å². The van der Waals surface area contributed by atoms with Crippen molar-refractivity contribution in [1.29, 1.82) is 0 Å². The predicted molar refractivity (Wildman–Crippen MR) is 89.2 cm³/mol. The SMILES string of the molecule is C[C@@H](C(=O)Nc1ccc(Br)cc1)[NH+](C)Cc1ccc(F)cc1. The second kappa shape index (κ2) is 7.51. The number of anilines is 1. The summed E-state index contributed by atoms with van der Waals surface area (Å²) < 4.78 is 13.9. The third-order valence-electron chi connectivity index (χ3n) is 3.64. The van der Waals surface area contributed by atoms with Gasteiger partial charge in [0.25, 0.3) is 5.91 Å². The van der Waals surface area contributed by atoms with Crippen molar-refractivity contribution < 1.29 is 14.1 Å². The van der Waals surface area contributed by atoms with Gasteiger partial charge < -0.3 is 10.2 Å². The van der Waals surface area contributed by atoms with E-state index in [-0.39, 0.29) is 17.8 Å². The second-order valence-electron chi connectivity index (χ2n) is 5.37. The largest absolute Gasteiger partial charge is 0.324 e. The highest BCUT2D eigenvalue weighted by atomic mass is 79.9. The van der Waals surface area contributed by atoms with Gasteiger partial charge in [-0.1, -0.05) is 28.1 Å².